The van der Waals surface area contributed by atoms with Gasteiger partial charge in [-0.05, 0) is 24.3 Å². The van der Waals surface area contributed by atoms with Crippen LogP contribution in [-0.2, 0) is 17.3 Å². The molecule has 25 heavy (non-hydrogen) atoms. The van der Waals surface area contributed by atoms with E-state index in [9.17, 15) is 13.3 Å². The standard InChI is InChI=1S/C17H17F2N3OSSi/c1-24(23)17-20-11-21-22(17)12-25(2,15-7-3-13(18)4-8-15)16-9-5-14(19)6-10-16/h3-11H,12H2,1-2H3. The molecule has 0 aliphatic rings. The zero-order chi connectivity index (χ0) is 18.0. The molecule has 130 valence electrons. The molecule has 1 heterocycles. The molecule has 0 N–H and O–H groups in total. The highest BCUT2D eigenvalue weighted by molar-refractivity contribution is 7.90. The van der Waals surface area contributed by atoms with Gasteiger partial charge in [-0.25, -0.2) is 13.5 Å². The zero-order valence-electron chi connectivity index (χ0n) is 13.8. The van der Waals surface area contributed by atoms with Gasteiger partial charge in [0.15, 0.2) is 0 Å². The van der Waals surface area contributed by atoms with Crippen molar-refractivity contribution in [2.75, 3.05) is 6.26 Å². The van der Waals surface area contributed by atoms with Crippen molar-refractivity contribution in [2.24, 2.45) is 0 Å². The minimum Gasteiger partial charge on any atom is -0.609 e. The van der Waals surface area contributed by atoms with E-state index in [0.717, 1.165) is 10.4 Å². The van der Waals surface area contributed by atoms with Crippen LogP contribution in [0.5, 0.6) is 0 Å². The Morgan fingerprint density at radius 1 is 1.00 bits per heavy atom. The number of rotatable bonds is 5. The highest BCUT2D eigenvalue weighted by Crippen LogP contribution is 2.13. The molecule has 0 aliphatic heterocycles. The van der Waals surface area contributed by atoms with Crippen molar-refractivity contribution in [3.05, 3.63) is 66.5 Å². The quantitative estimate of drug-likeness (QED) is 0.503. The molecule has 4 nitrogen and oxygen atoms in total. The molecule has 0 aliphatic carbocycles. The Bertz CT molecular complexity index is 808. The van der Waals surface area contributed by atoms with E-state index in [2.05, 4.69) is 16.6 Å². The molecule has 1 atom stereocenters. The van der Waals surface area contributed by atoms with Crippen molar-refractivity contribution >= 4 is 29.6 Å². The predicted octanol–water partition coefficient (Wildman–Crippen LogP) is 1.73. The maximum Gasteiger partial charge on any atom is 0.340 e. The molecule has 8 heteroatoms. The summed E-state index contributed by atoms with van der Waals surface area (Å²) < 4.78 is 40.3. The molecule has 0 saturated heterocycles. The van der Waals surface area contributed by atoms with Crippen LogP contribution in [-0.4, -0.2) is 33.6 Å². The van der Waals surface area contributed by atoms with Crippen LogP contribution in [0.25, 0.3) is 0 Å². The Morgan fingerprint density at radius 3 is 1.92 bits per heavy atom. The van der Waals surface area contributed by atoms with E-state index >= 15 is 0 Å². The Hall–Kier alpha value is -2.03. The van der Waals surface area contributed by atoms with Gasteiger partial charge in [-0.1, -0.05) is 41.2 Å². The topological polar surface area (TPSA) is 53.8 Å². The van der Waals surface area contributed by atoms with E-state index in [1.165, 1.54) is 30.6 Å². The first-order chi connectivity index (χ1) is 11.9. The Balaban J connectivity index is 2.09. The Kier molecular flexibility index (Phi) is 5.03. The molecule has 1 aromatic heterocycles. The van der Waals surface area contributed by atoms with E-state index in [4.69, 9.17) is 0 Å². The van der Waals surface area contributed by atoms with Crippen molar-refractivity contribution in [1.29, 1.82) is 0 Å². The molecule has 3 rings (SSSR count). The first-order valence-corrected chi connectivity index (χ1v) is 11.9. The summed E-state index contributed by atoms with van der Waals surface area (Å²) in [6.07, 6.45) is 3.40. The van der Waals surface area contributed by atoms with Gasteiger partial charge in [0.05, 0.1) is 0 Å². The molecule has 3 aromatic rings. The van der Waals surface area contributed by atoms with E-state index < -0.39 is 19.2 Å². The van der Waals surface area contributed by atoms with E-state index in [1.807, 2.05) is 0 Å². The second-order valence-electron chi connectivity index (χ2n) is 6.00. The predicted molar refractivity (Wildman–Crippen MR) is 96.0 cm³/mol. The van der Waals surface area contributed by atoms with Gasteiger partial charge in [0.2, 0.25) is 0 Å². The number of hydrogen-bond acceptors (Lipinski definition) is 3. The van der Waals surface area contributed by atoms with Crippen LogP contribution in [0, 0.1) is 11.6 Å². The molecule has 0 bridgehead atoms. The zero-order valence-corrected chi connectivity index (χ0v) is 15.6. The van der Waals surface area contributed by atoms with E-state index in [0.29, 0.717) is 11.3 Å². The first-order valence-electron chi connectivity index (χ1n) is 7.63. The Morgan fingerprint density at radius 2 is 1.48 bits per heavy atom. The Labute approximate surface area is 148 Å². The summed E-state index contributed by atoms with van der Waals surface area (Å²) in [5.74, 6) is -0.620. The van der Waals surface area contributed by atoms with Gasteiger partial charge in [0.25, 0.3) is 0 Å². The van der Waals surface area contributed by atoms with Crippen LogP contribution in [0.3, 0.4) is 0 Å². The van der Waals surface area contributed by atoms with Gasteiger partial charge in [-0.3, -0.25) is 0 Å². The lowest BCUT2D eigenvalue weighted by atomic mass is 10.3. The van der Waals surface area contributed by atoms with Crippen molar-refractivity contribution in [3.8, 4) is 0 Å². The number of hydrogen-bond donors (Lipinski definition) is 0. The summed E-state index contributed by atoms with van der Waals surface area (Å²) in [5, 5.41) is 6.55. The van der Waals surface area contributed by atoms with Crippen molar-refractivity contribution < 1.29 is 13.3 Å². The molecular weight excluding hydrogens is 360 g/mol. The van der Waals surface area contributed by atoms with Crippen LogP contribution in [0.2, 0.25) is 6.55 Å². The monoisotopic (exact) mass is 377 g/mol. The molecule has 2 aromatic carbocycles. The number of halogens is 2. The van der Waals surface area contributed by atoms with Crippen molar-refractivity contribution in [3.63, 3.8) is 0 Å². The third-order valence-corrected chi connectivity index (χ3v) is 9.24. The molecule has 0 spiro atoms. The normalized spacial score (nSPS) is 13.0. The fourth-order valence-electron chi connectivity index (χ4n) is 2.87. The lowest BCUT2D eigenvalue weighted by molar-refractivity contribution is 0.568. The number of aromatic nitrogens is 3. The number of benzene rings is 2. The average molecular weight is 377 g/mol. The third kappa shape index (κ3) is 3.65. The average Bonchev–Trinajstić information content (AvgIpc) is 3.04. The largest absolute Gasteiger partial charge is 0.609 e. The molecule has 1 unspecified atom stereocenters. The lowest BCUT2D eigenvalue weighted by Gasteiger charge is -2.28. The third-order valence-electron chi connectivity index (χ3n) is 4.27. The summed E-state index contributed by atoms with van der Waals surface area (Å²) in [5.41, 5.74) is 0. The van der Waals surface area contributed by atoms with Crippen LogP contribution in [0.15, 0.2) is 60.0 Å². The first kappa shape index (κ1) is 17.8. The van der Waals surface area contributed by atoms with Crippen molar-refractivity contribution in [2.45, 2.75) is 17.9 Å². The second-order valence-corrected chi connectivity index (χ2v) is 11.4. The second kappa shape index (κ2) is 7.07. The highest BCUT2D eigenvalue weighted by Gasteiger charge is 2.35. The molecular formula is C17H17F2N3OSSi. The fraction of sp³-hybridized carbons (Fsp3) is 0.176. The fourth-order valence-corrected chi connectivity index (χ4v) is 6.92. The lowest BCUT2D eigenvalue weighted by Crippen LogP contribution is -2.59. The van der Waals surface area contributed by atoms with E-state index in [1.54, 1.807) is 35.2 Å². The summed E-state index contributed by atoms with van der Waals surface area (Å²) in [6.45, 7) is 2.09. The molecule has 0 fully saturated rings. The maximum absolute atomic E-state index is 13.4. The van der Waals surface area contributed by atoms with Gasteiger partial charge in [0, 0.05) is 17.3 Å². The van der Waals surface area contributed by atoms with Crippen LogP contribution in [0.4, 0.5) is 8.78 Å². The molecule has 0 radical (unpaired) electrons. The number of nitrogens with zero attached hydrogens (tertiary/aromatic N) is 3. The summed E-state index contributed by atoms with van der Waals surface area (Å²) >= 11 is -1.27. The van der Waals surface area contributed by atoms with Gasteiger partial charge >= 0.3 is 5.16 Å². The van der Waals surface area contributed by atoms with Crippen molar-refractivity contribution in [1.82, 2.24) is 14.8 Å². The summed E-state index contributed by atoms with van der Waals surface area (Å²) in [4.78, 5) is 4.07. The molecule has 0 amide bonds. The van der Waals surface area contributed by atoms with Gasteiger partial charge in [-0.2, -0.15) is 10.1 Å². The summed E-state index contributed by atoms with van der Waals surface area (Å²) in [6, 6.07) is 12.7. The molecule has 0 saturated carbocycles. The van der Waals surface area contributed by atoms with Gasteiger partial charge in [-0.15, -0.1) is 0 Å². The minimum absolute atomic E-state index is 0.310. The van der Waals surface area contributed by atoms with Crippen LogP contribution >= 0.6 is 0 Å². The van der Waals surface area contributed by atoms with Gasteiger partial charge < -0.3 is 4.55 Å². The minimum atomic E-state index is -2.44. The summed E-state index contributed by atoms with van der Waals surface area (Å²) in [7, 11) is -2.44. The maximum atomic E-state index is 13.4. The van der Waals surface area contributed by atoms with Gasteiger partial charge in [0.1, 0.15) is 32.3 Å². The van der Waals surface area contributed by atoms with E-state index in [-0.39, 0.29) is 11.6 Å². The smallest absolute Gasteiger partial charge is 0.340 e. The van der Waals surface area contributed by atoms with Crippen LogP contribution < -0.4 is 10.4 Å². The SMILES string of the molecule is C[S+]([O-])c1ncnn1C[Si](C)(c1ccc(F)cc1)c1ccc(F)cc1. The highest BCUT2D eigenvalue weighted by atomic mass is 32.2. The van der Waals surface area contributed by atoms with Crippen LogP contribution in [0.1, 0.15) is 0 Å².